The number of rotatable bonds is 2. The summed E-state index contributed by atoms with van der Waals surface area (Å²) < 4.78 is 0.844. The van der Waals surface area contributed by atoms with Crippen LogP contribution in [-0.4, -0.2) is 43.9 Å². The van der Waals surface area contributed by atoms with Crippen LogP contribution < -0.4 is 34.0 Å². The quantitative estimate of drug-likeness (QED) is 0.397. The maximum absolute atomic E-state index is 8.39. The Labute approximate surface area is 87.7 Å². The van der Waals surface area contributed by atoms with Gasteiger partial charge in [-0.15, -0.1) is 0 Å². The van der Waals surface area contributed by atoms with E-state index < -0.39 is 0 Å². The Kier molecular flexibility index (Phi) is 23.2. The molecule has 1 unspecified atom stereocenters. The Bertz CT molecular complexity index is 58.1. The molecule has 0 radical (unpaired) electrons. The van der Waals surface area contributed by atoms with Crippen LogP contribution in [0.4, 0.5) is 0 Å². The number of hydrogen-bond donors (Lipinski definition) is 1. The van der Waals surface area contributed by atoms with E-state index in [0.29, 0.717) is 0 Å². The molecule has 0 fully saturated rings. The fraction of sp³-hybridized carbons (Fsp3) is 1.00. The smallest absolute Gasteiger partial charge is 0.101 e. The molecule has 0 spiro atoms. The maximum atomic E-state index is 8.39. The van der Waals surface area contributed by atoms with Gasteiger partial charge in [0.1, 0.15) is 6.54 Å². The highest BCUT2D eigenvalue weighted by atomic mass is 79.9. The predicted octanol–water partition coefficient (Wildman–Crippen LogP) is -6.52. The van der Waals surface area contributed by atoms with E-state index in [0.717, 1.165) is 11.0 Å². The normalized spacial score (nSPS) is 8.40. The van der Waals surface area contributed by atoms with Crippen molar-refractivity contribution in [2.75, 3.05) is 34.3 Å². The van der Waals surface area contributed by atoms with Crippen molar-refractivity contribution in [2.24, 2.45) is 0 Å². The third-order valence-electron chi connectivity index (χ3n) is 0.771. The molecule has 0 amide bonds. The van der Waals surface area contributed by atoms with Crippen molar-refractivity contribution in [1.29, 1.82) is 0 Å². The fourth-order valence-corrected chi connectivity index (χ4v) is 0.300. The number of aliphatic hydroxyl groups is 1. The first kappa shape index (κ1) is 22.5. The maximum Gasteiger partial charge on any atom is 0.101 e. The molecule has 0 aliphatic rings. The van der Waals surface area contributed by atoms with E-state index in [-0.39, 0.29) is 50.5 Å². The van der Waals surface area contributed by atoms with Crippen LogP contribution in [0.5, 0.6) is 0 Å². The lowest BCUT2D eigenvalue weighted by Gasteiger charge is -2.21. The van der Waals surface area contributed by atoms with E-state index >= 15 is 0 Å². The lowest BCUT2D eigenvalue weighted by Crippen LogP contribution is -3.00. The summed E-state index contributed by atoms with van der Waals surface area (Å²) >= 11 is 0. The van der Waals surface area contributed by atoms with Crippen LogP contribution in [0.25, 0.3) is 0 Å². The third kappa shape index (κ3) is 22.8. The zero-order chi connectivity index (χ0) is 5.91. The Morgan fingerprint density at radius 3 is 1.40 bits per heavy atom. The van der Waals surface area contributed by atoms with Crippen LogP contribution in [-0.2, 0) is 0 Å². The third-order valence-corrected chi connectivity index (χ3v) is 0.771. The highest BCUT2D eigenvalue weighted by Gasteiger charge is 2.02. The summed E-state index contributed by atoms with van der Waals surface area (Å²) in [7, 11) is 6.16. The minimum Gasteiger partial charge on any atom is -1.00 e. The number of nitrogens with zero attached hydrogens (tertiary/aromatic N) is 1. The summed E-state index contributed by atoms with van der Waals surface area (Å²) in [6.45, 7) is 1.11. The molecule has 0 aliphatic heterocycles. The summed E-state index contributed by atoms with van der Waals surface area (Å²) in [5, 5.41) is 8.39. The Morgan fingerprint density at radius 2 is 1.40 bits per heavy atom. The SMILES string of the molecule is C[N+](C)(C)CCO.[Br-].[Br-].[PH4+]. The van der Waals surface area contributed by atoms with Crippen molar-refractivity contribution >= 4 is 9.90 Å². The molecular weight excluding hydrogens is 281 g/mol. The second-order valence-electron chi connectivity index (χ2n) is 2.74. The molecule has 0 aliphatic carbocycles. The molecule has 1 N–H and O–H groups in total. The zero-order valence-electron chi connectivity index (χ0n) is 7.06. The van der Waals surface area contributed by atoms with Gasteiger partial charge in [0, 0.05) is 0 Å². The number of quaternary nitrogens is 1. The van der Waals surface area contributed by atoms with Crippen molar-refractivity contribution < 1.29 is 43.6 Å². The van der Waals surface area contributed by atoms with Crippen LogP contribution >= 0.6 is 9.90 Å². The summed E-state index contributed by atoms with van der Waals surface area (Å²) in [6, 6.07) is 0. The highest BCUT2D eigenvalue weighted by molar-refractivity contribution is 6.92. The lowest BCUT2D eigenvalue weighted by molar-refractivity contribution is -0.870. The van der Waals surface area contributed by atoms with Gasteiger partial charge in [-0.3, -0.25) is 0 Å². The first-order valence-electron chi connectivity index (χ1n) is 2.47. The van der Waals surface area contributed by atoms with E-state index in [9.17, 15) is 0 Å². The van der Waals surface area contributed by atoms with Crippen LogP contribution in [0, 0.1) is 0 Å². The van der Waals surface area contributed by atoms with Crippen molar-refractivity contribution in [3.8, 4) is 0 Å². The van der Waals surface area contributed by atoms with E-state index in [1.807, 2.05) is 0 Å². The molecule has 10 heavy (non-hydrogen) atoms. The molecular formula is C5H18Br2NOP. The molecule has 2 nitrogen and oxygen atoms in total. The Hall–Kier alpha value is 1.31. The minimum atomic E-state index is 0. The summed E-state index contributed by atoms with van der Waals surface area (Å²) in [4.78, 5) is 0. The van der Waals surface area contributed by atoms with Gasteiger partial charge in [-0.05, 0) is 9.90 Å². The molecule has 1 atom stereocenters. The molecule has 0 heterocycles. The highest BCUT2D eigenvalue weighted by Crippen LogP contribution is 1.84. The monoisotopic (exact) mass is 297 g/mol. The second-order valence-corrected chi connectivity index (χ2v) is 2.74. The molecule has 0 bridgehead atoms. The van der Waals surface area contributed by atoms with Crippen molar-refractivity contribution in [3.05, 3.63) is 0 Å². The standard InChI is InChI=1S/C5H14NO.2BrH.H3P/c1-6(2,3)4-5-7;;;/h7H,4-5H2,1-3H3;2*1H;1H3/q+1;;;/p-1. The largest absolute Gasteiger partial charge is 1.00 e. The Morgan fingerprint density at radius 1 is 1.10 bits per heavy atom. The van der Waals surface area contributed by atoms with E-state index in [1.165, 1.54) is 0 Å². The molecule has 0 saturated heterocycles. The molecule has 0 aromatic rings. The van der Waals surface area contributed by atoms with Gasteiger partial charge >= 0.3 is 0 Å². The molecule has 0 rings (SSSR count). The van der Waals surface area contributed by atoms with E-state index in [2.05, 4.69) is 21.1 Å². The minimum absolute atomic E-state index is 0. The van der Waals surface area contributed by atoms with Gasteiger partial charge in [0.2, 0.25) is 0 Å². The van der Waals surface area contributed by atoms with Crippen molar-refractivity contribution in [3.63, 3.8) is 0 Å². The summed E-state index contributed by atoms with van der Waals surface area (Å²) in [5.41, 5.74) is 0. The average molecular weight is 299 g/mol. The first-order valence-corrected chi connectivity index (χ1v) is 2.47. The van der Waals surface area contributed by atoms with Gasteiger partial charge in [0.25, 0.3) is 0 Å². The second kappa shape index (κ2) is 10.3. The van der Waals surface area contributed by atoms with Crippen LogP contribution in [0.1, 0.15) is 0 Å². The topological polar surface area (TPSA) is 20.2 Å². The number of likely N-dealkylation sites (N-methyl/N-ethyl adjacent to an activating group) is 1. The molecule has 0 saturated carbocycles. The summed E-state index contributed by atoms with van der Waals surface area (Å²) in [5.74, 6) is 0. The van der Waals surface area contributed by atoms with Crippen LogP contribution in [0.2, 0.25) is 0 Å². The Balaban J connectivity index is -0.0000000600. The molecule has 0 aromatic carbocycles. The van der Waals surface area contributed by atoms with Gasteiger partial charge < -0.3 is 43.6 Å². The van der Waals surface area contributed by atoms with Gasteiger partial charge in [0.05, 0.1) is 27.7 Å². The number of hydrogen-bond acceptors (Lipinski definition) is 1. The van der Waals surface area contributed by atoms with Crippen molar-refractivity contribution in [1.82, 2.24) is 0 Å². The van der Waals surface area contributed by atoms with Crippen LogP contribution in [0.15, 0.2) is 0 Å². The van der Waals surface area contributed by atoms with Gasteiger partial charge in [-0.1, -0.05) is 0 Å². The summed E-state index contributed by atoms with van der Waals surface area (Å²) in [6.07, 6.45) is 0. The van der Waals surface area contributed by atoms with Gasteiger partial charge in [0.15, 0.2) is 0 Å². The lowest BCUT2D eigenvalue weighted by atomic mass is 10.5. The van der Waals surface area contributed by atoms with E-state index in [4.69, 9.17) is 5.11 Å². The number of aliphatic hydroxyl groups excluding tert-OH is 1. The molecule has 5 heteroatoms. The zero-order valence-corrected chi connectivity index (χ0v) is 12.2. The first-order chi connectivity index (χ1) is 3.06. The van der Waals surface area contributed by atoms with Crippen molar-refractivity contribution in [2.45, 2.75) is 0 Å². The number of halogens is 2. The predicted molar refractivity (Wildman–Crippen MR) is 42.5 cm³/mol. The average Bonchev–Trinajstić information content (AvgIpc) is 1.30. The fourth-order valence-electron chi connectivity index (χ4n) is 0.300. The van der Waals surface area contributed by atoms with Crippen LogP contribution in [0.3, 0.4) is 0 Å². The molecule has 68 valence electrons. The molecule has 0 aromatic heterocycles. The van der Waals surface area contributed by atoms with Gasteiger partial charge in [-0.2, -0.15) is 0 Å². The van der Waals surface area contributed by atoms with E-state index in [1.54, 1.807) is 0 Å². The van der Waals surface area contributed by atoms with Gasteiger partial charge in [-0.25, -0.2) is 0 Å².